The second-order valence-electron chi connectivity index (χ2n) is 7.55. The van der Waals surface area contributed by atoms with Gasteiger partial charge in [0.15, 0.2) is 5.13 Å². The summed E-state index contributed by atoms with van der Waals surface area (Å²) in [4.78, 5) is 28.9. The van der Waals surface area contributed by atoms with Crippen molar-refractivity contribution in [3.8, 4) is 11.3 Å². The molecule has 0 aliphatic heterocycles. The van der Waals surface area contributed by atoms with Crippen LogP contribution >= 0.6 is 11.3 Å². The number of aromatic nitrogens is 1. The summed E-state index contributed by atoms with van der Waals surface area (Å²) in [5.41, 5.74) is 4.28. The maximum atomic E-state index is 12.8. The van der Waals surface area contributed by atoms with Gasteiger partial charge in [0.1, 0.15) is 0 Å². The van der Waals surface area contributed by atoms with Crippen LogP contribution in [0.15, 0.2) is 23.6 Å². The molecular formula is C20H22N2O3S. The zero-order valence-corrected chi connectivity index (χ0v) is 15.7. The van der Waals surface area contributed by atoms with Crippen molar-refractivity contribution in [3.05, 3.63) is 34.7 Å². The van der Waals surface area contributed by atoms with Crippen LogP contribution in [0.3, 0.4) is 0 Å². The molecule has 2 aliphatic rings. The summed E-state index contributed by atoms with van der Waals surface area (Å²) in [6, 6.07) is 6.18. The summed E-state index contributed by atoms with van der Waals surface area (Å²) in [5, 5.41) is 14.9. The Bertz CT molecular complexity index is 876. The molecule has 0 saturated heterocycles. The number of hydrogen-bond donors (Lipinski definition) is 2. The number of benzene rings is 1. The number of nitrogens with zero attached hydrogens (tertiary/aromatic N) is 1. The van der Waals surface area contributed by atoms with E-state index in [9.17, 15) is 14.7 Å². The summed E-state index contributed by atoms with van der Waals surface area (Å²) in [6.45, 7) is 4.13. The quantitative estimate of drug-likeness (QED) is 0.849. The number of anilines is 1. The number of amides is 1. The van der Waals surface area contributed by atoms with E-state index in [1.165, 1.54) is 22.5 Å². The molecule has 0 spiro atoms. The second-order valence-corrected chi connectivity index (χ2v) is 8.41. The van der Waals surface area contributed by atoms with Crippen molar-refractivity contribution in [2.75, 3.05) is 5.32 Å². The molecule has 1 heterocycles. The minimum absolute atomic E-state index is 0.149. The molecule has 2 aromatic rings. The van der Waals surface area contributed by atoms with Gasteiger partial charge >= 0.3 is 5.97 Å². The molecule has 4 unspecified atom stereocenters. The normalized spacial score (nSPS) is 26.8. The zero-order valence-electron chi connectivity index (χ0n) is 14.9. The summed E-state index contributed by atoms with van der Waals surface area (Å²) < 4.78 is 0. The molecule has 26 heavy (non-hydrogen) atoms. The lowest BCUT2D eigenvalue weighted by atomic mass is 9.79. The van der Waals surface area contributed by atoms with Crippen LogP contribution in [-0.4, -0.2) is 22.0 Å². The molecule has 5 nitrogen and oxygen atoms in total. The summed E-state index contributed by atoms with van der Waals surface area (Å²) in [6.07, 6.45) is 2.75. The van der Waals surface area contributed by atoms with Gasteiger partial charge < -0.3 is 10.4 Å². The van der Waals surface area contributed by atoms with E-state index in [0.29, 0.717) is 5.13 Å². The molecule has 2 fully saturated rings. The molecule has 2 bridgehead atoms. The lowest BCUT2D eigenvalue weighted by Gasteiger charge is -2.26. The third-order valence-electron chi connectivity index (χ3n) is 6.04. The van der Waals surface area contributed by atoms with Crippen LogP contribution in [-0.2, 0) is 9.59 Å². The van der Waals surface area contributed by atoms with E-state index in [0.717, 1.165) is 30.5 Å². The van der Waals surface area contributed by atoms with Gasteiger partial charge in [-0.2, -0.15) is 0 Å². The Morgan fingerprint density at radius 3 is 2.58 bits per heavy atom. The van der Waals surface area contributed by atoms with Gasteiger partial charge in [-0.3, -0.25) is 9.59 Å². The number of carbonyl (C=O) groups excluding carboxylic acids is 1. The van der Waals surface area contributed by atoms with Crippen molar-refractivity contribution >= 4 is 28.3 Å². The largest absolute Gasteiger partial charge is 0.481 e. The average molecular weight is 370 g/mol. The molecule has 136 valence electrons. The fraction of sp³-hybridized carbons (Fsp3) is 0.450. The fourth-order valence-corrected chi connectivity index (χ4v) is 5.30. The summed E-state index contributed by atoms with van der Waals surface area (Å²) in [7, 11) is 0. The van der Waals surface area contributed by atoms with E-state index in [1.54, 1.807) is 0 Å². The second kappa shape index (κ2) is 6.50. The van der Waals surface area contributed by atoms with Crippen molar-refractivity contribution in [2.45, 2.75) is 33.1 Å². The Kier molecular flexibility index (Phi) is 4.31. The van der Waals surface area contributed by atoms with Gasteiger partial charge in [0, 0.05) is 10.9 Å². The highest BCUT2D eigenvalue weighted by Gasteiger charge is 2.54. The van der Waals surface area contributed by atoms with Crippen LogP contribution in [0.25, 0.3) is 11.3 Å². The topological polar surface area (TPSA) is 79.3 Å². The first kappa shape index (κ1) is 17.2. The predicted molar refractivity (Wildman–Crippen MR) is 101 cm³/mol. The number of aryl methyl sites for hydroxylation is 2. The first-order chi connectivity index (χ1) is 12.4. The summed E-state index contributed by atoms with van der Waals surface area (Å²) >= 11 is 1.38. The maximum Gasteiger partial charge on any atom is 0.307 e. The molecule has 4 atom stereocenters. The van der Waals surface area contributed by atoms with Crippen molar-refractivity contribution < 1.29 is 14.7 Å². The summed E-state index contributed by atoms with van der Waals surface area (Å²) in [5.74, 6) is -1.66. The number of carbonyl (C=O) groups is 2. The SMILES string of the molecule is Cc1ccc(-c2csc(NC(=O)C3C4CCC(C4)C3C(=O)O)n2)cc1C. The highest BCUT2D eigenvalue weighted by atomic mass is 32.1. The highest BCUT2D eigenvalue weighted by molar-refractivity contribution is 7.14. The van der Waals surface area contributed by atoms with E-state index < -0.39 is 17.8 Å². The van der Waals surface area contributed by atoms with Gasteiger partial charge in [0.25, 0.3) is 0 Å². The van der Waals surface area contributed by atoms with E-state index in [-0.39, 0.29) is 17.7 Å². The number of hydrogen-bond acceptors (Lipinski definition) is 4. The molecule has 2 N–H and O–H groups in total. The van der Waals surface area contributed by atoms with Crippen LogP contribution in [0.2, 0.25) is 0 Å². The third-order valence-corrected chi connectivity index (χ3v) is 6.80. The van der Waals surface area contributed by atoms with E-state index in [4.69, 9.17) is 0 Å². The van der Waals surface area contributed by atoms with Gasteiger partial charge in [0.05, 0.1) is 17.5 Å². The minimum Gasteiger partial charge on any atom is -0.481 e. The number of nitrogens with one attached hydrogen (secondary N) is 1. The number of aliphatic carboxylic acids is 1. The molecule has 0 radical (unpaired) electrons. The number of fused-ring (bicyclic) bond motifs is 2. The fourth-order valence-electron chi connectivity index (χ4n) is 4.58. The number of carboxylic acid groups (broad SMARTS) is 1. The average Bonchev–Trinajstić information content (AvgIpc) is 3.32. The molecule has 6 heteroatoms. The van der Waals surface area contributed by atoms with Gasteiger partial charge in [-0.1, -0.05) is 12.1 Å². The van der Waals surface area contributed by atoms with Crippen LogP contribution in [0, 0.1) is 37.5 Å². The molecule has 4 rings (SSSR count). The van der Waals surface area contributed by atoms with Crippen LogP contribution < -0.4 is 5.32 Å². The highest BCUT2D eigenvalue weighted by Crippen LogP contribution is 2.52. The molecule has 2 aliphatic carbocycles. The molecular weight excluding hydrogens is 348 g/mol. The smallest absolute Gasteiger partial charge is 0.307 e. The van der Waals surface area contributed by atoms with Crippen LogP contribution in [0.1, 0.15) is 30.4 Å². The van der Waals surface area contributed by atoms with Gasteiger partial charge in [0.2, 0.25) is 5.91 Å². The van der Waals surface area contributed by atoms with E-state index in [2.05, 4.69) is 36.3 Å². The van der Waals surface area contributed by atoms with Crippen LogP contribution in [0.5, 0.6) is 0 Å². The Morgan fingerprint density at radius 2 is 1.88 bits per heavy atom. The first-order valence-electron chi connectivity index (χ1n) is 9.01. The van der Waals surface area contributed by atoms with Gasteiger partial charge in [-0.15, -0.1) is 11.3 Å². The van der Waals surface area contributed by atoms with Gasteiger partial charge in [-0.25, -0.2) is 4.98 Å². The van der Waals surface area contributed by atoms with Crippen molar-refractivity contribution in [1.82, 2.24) is 4.98 Å². The van der Waals surface area contributed by atoms with E-state index in [1.807, 2.05) is 11.4 Å². The number of rotatable bonds is 4. The molecule has 2 saturated carbocycles. The standard InChI is InChI=1S/C20H22N2O3S/c1-10-3-4-12(7-11(10)2)15-9-26-20(21-15)22-18(23)16-13-5-6-14(8-13)17(16)19(24)25/h3-4,7,9,13-14,16-17H,5-6,8H2,1-2H3,(H,24,25)(H,21,22,23). The van der Waals surface area contributed by atoms with Crippen LogP contribution in [0.4, 0.5) is 5.13 Å². The third kappa shape index (κ3) is 2.92. The Hall–Kier alpha value is -2.21. The first-order valence-corrected chi connectivity index (χ1v) is 9.89. The van der Waals surface area contributed by atoms with E-state index >= 15 is 0 Å². The maximum absolute atomic E-state index is 12.8. The Labute approximate surface area is 156 Å². The lowest BCUT2D eigenvalue weighted by molar-refractivity contribution is -0.148. The predicted octanol–water partition coefficient (Wildman–Crippen LogP) is 4.11. The Morgan fingerprint density at radius 1 is 1.15 bits per heavy atom. The van der Waals surface area contributed by atoms with Crippen molar-refractivity contribution in [2.24, 2.45) is 23.7 Å². The minimum atomic E-state index is -0.840. The van der Waals surface area contributed by atoms with Crippen molar-refractivity contribution in [3.63, 3.8) is 0 Å². The molecule has 1 amide bonds. The number of thiazole rings is 1. The molecule has 1 aromatic heterocycles. The number of carboxylic acids is 1. The van der Waals surface area contributed by atoms with Crippen molar-refractivity contribution in [1.29, 1.82) is 0 Å². The monoisotopic (exact) mass is 370 g/mol. The zero-order chi connectivity index (χ0) is 18.4. The molecule has 1 aromatic carbocycles. The Balaban J connectivity index is 1.51. The lowest BCUT2D eigenvalue weighted by Crippen LogP contribution is -2.37. The van der Waals surface area contributed by atoms with Gasteiger partial charge in [-0.05, 0) is 62.1 Å².